The maximum atomic E-state index is 8.49. The van der Waals surface area contributed by atoms with Gasteiger partial charge < -0.3 is 0 Å². The van der Waals surface area contributed by atoms with Gasteiger partial charge >= 0.3 is 0 Å². The minimum atomic E-state index is -4.94. The lowest BCUT2D eigenvalue weighted by molar-refractivity contribution is -2.00. The van der Waals surface area contributed by atoms with Crippen LogP contribution in [0.1, 0.15) is 0 Å². The van der Waals surface area contributed by atoms with Crippen LogP contribution in [0.4, 0.5) is 0 Å². The van der Waals surface area contributed by atoms with Crippen LogP contribution in [-0.2, 0) is 10.9 Å². The Morgan fingerprint density at radius 3 is 1.31 bits per heavy atom. The molecule has 3 rings (SSSR count). The fraction of sp³-hybridized carbons (Fsp3) is 0.0526. The minimum absolute atomic E-state index is 0.0341. The van der Waals surface area contributed by atoms with Crippen LogP contribution in [0.25, 0.3) is 0 Å². The van der Waals surface area contributed by atoms with Crippen molar-refractivity contribution in [3.63, 3.8) is 0 Å². The van der Waals surface area contributed by atoms with Crippen LogP contribution < -0.4 is 18.6 Å². The summed E-state index contributed by atoms with van der Waals surface area (Å²) in [4.78, 5) is 5.40. The Hall–Kier alpha value is -1.51. The summed E-state index contributed by atoms with van der Waals surface area (Å²) in [6.07, 6.45) is 2.11. The highest BCUT2D eigenvalue weighted by atomic mass is 35.7. The first-order chi connectivity index (χ1) is 12.4. The molecule has 0 amide bonds. The zero-order chi connectivity index (χ0) is 19.0. The van der Waals surface area contributed by atoms with E-state index in [9.17, 15) is 0 Å². The Balaban J connectivity index is 0.000000431. The zero-order valence-corrected chi connectivity index (χ0v) is 16.3. The quantitative estimate of drug-likeness (QED) is 0.469. The lowest BCUT2D eigenvalue weighted by Crippen LogP contribution is -2.68. The van der Waals surface area contributed by atoms with Crippen LogP contribution in [0.2, 0.25) is 0 Å². The number of hydrogen-bond acceptors (Lipinski definition) is 5. The van der Waals surface area contributed by atoms with E-state index in [0.717, 1.165) is 0 Å². The third-order valence-corrected chi connectivity index (χ3v) is 6.23. The van der Waals surface area contributed by atoms with E-state index < -0.39 is 10.2 Å². The highest BCUT2D eigenvalue weighted by Crippen LogP contribution is 2.31. The Morgan fingerprint density at radius 2 is 0.962 bits per heavy atom. The Bertz CT molecular complexity index is 733. The van der Waals surface area contributed by atoms with Gasteiger partial charge in [0.1, 0.15) is 0 Å². The van der Waals surface area contributed by atoms with Crippen molar-refractivity contribution in [3.05, 3.63) is 84.9 Å². The van der Waals surface area contributed by atoms with Gasteiger partial charge in [0.05, 0.1) is 10.9 Å². The Labute approximate surface area is 162 Å². The van der Waals surface area contributed by atoms with E-state index in [4.69, 9.17) is 18.6 Å². The molecule has 0 spiro atoms. The zero-order valence-electron chi connectivity index (χ0n) is 13.9. The fourth-order valence-electron chi connectivity index (χ4n) is 2.23. The van der Waals surface area contributed by atoms with Crippen LogP contribution in [0.15, 0.2) is 105 Å². The van der Waals surface area contributed by atoms with Crippen molar-refractivity contribution < 1.29 is 28.9 Å². The van der Waals surface area contributed by atoms with E-state index >= 15 is 0 Å². The minimum Gasteiger partial charge on any atom is -0.222 e. The smallest absolute Gasteiger partial charge is 0.166 e. The number of hydrogen-bond donors (Lipinski definition) is 0. The second-order valence-electron chi connectivity index (χ2n) is 4.99. The highest BCUT2D eigenvalue weighted by molar-refractivity contribution is 7.98. The number of benzene rings is 3. The van der Waals surface area contributed by atoms with Crippen molar-refractivity contribution in [2.75, 3.05) is 6.26 Å². The normalized spacial score (nSPS) is 11.0. The predicted molar refractivity (Wildman–Crippen MR) is 93.3 cm³/mol. The number of halogens is 1. The molecule has 0 aliphatic rings. The summed E-state index contributed by atoms with van der Waals surface area (Å²) in [5, 5.41) is 0. The molecule has 0 saturated carbocycles. The molecule has 4 nitrogen and oxygen atoms in total. The van der Waals surface area contributed by atoms with Crippen molar-refractivity contribution in [2.45, 2.75) is 19.6 Å². The van der Waals surface area contributed by atoms with Gasteiger partial charge in [-0.05, 0) is 54.8 Å². The van der Waals surface area contributed by atoms with Gasteiger partial charge in [0, 0.05) is 4.90 Å². The molecular formula is C19H17ClO4S2. The van der Waals surface area contributed by atoms with Crippen molar-refractivity contribution >= 4 is 22.7 Å². The van der Waals surface area contributed by atoms with Crippen LogP contribution in [0.3, 0.4) is 0 Å². The summed E-state index contributed by atoms with van der Waals surface area (Å²) in [5.74, 6) is 0. The second kappa shape index (κ2) is 9.99. The van der Waals surface area contributed by atoms with E-state index in [-0.39, 0.29) is 10.9 Å². The molecule has 0 aliphatic heterocycles. The van der Waals surface area contributed by atoms with Gasteiger partial charge in [-0.2, -0.15) is 0 Å². The molecule has 0 aromatic heterocycles. The van der Waals surface area contributed by atoms with Crippen LogP contribution in [0.5, 0.6) is 0 Å². The van der Waals surface area contributed by atoms with Gasteiger partial charge in [-0.15, -0.1) is 22.0 Å². The van der Waals surface area contributed by atoms with Gasteiger partial charge in [0.2, 0.25) is 0 Å². The lowest BCUT2D eigenvalue weighted by Gasteiger charge is -2.17. The molecule has 136 valence electrons. The molecule has 0 bridgehead atoms. The molecular weight excluding hydrogens is 392 g/mol. The molecule has 0 aliphatic carbocycles. The summed E-state index contributed by atoms with van der Waals surface area (Å²) in [5.41, 5.74) is 0. The van der Waals surface area contributed by atoms with Gasteiger partial charge in [0.25, 0.3) is 0 Å². The van der Waals surface area contributed by atoms with Crippen molar-refractivity contribution in [3.8, 4) is 0 Å². The first-order valence-electron chi connectivity index (χ1n) is 7.48. The molecule has 7 heteroatoms. The topological polar surface area (TPSA) is 92.2 Å². The molecule has 0 heterocycles. The predicted octanol–water partition coefficient (Wildman–Crippen LogP) is 0.748. The molecule has 3 aromatic rings. The summed E-state index contributed by atoms with van der Waals surface area (Å²) < 4.78 is 34.0. The third-order valence-electron chi connectivity index (χ3n) is 3.25. The van der Waals surface area contributed by atoms with Crippen LogP contribution in [-0.4, -0.2) is 6.26 Å². The first-order valence-corrected chi connectivity index (χ1v) is 11.2. The average molecular weight is 409 g/mol. The molecule has 0 radical (unpaired) electrons. The SMILES string of the molecule is CSc1ccc([S+](c2ccccc2)c2ccccc2)cc1.[O-][Cl+3]([O-])([O-])[O-]. The molecule has 0 unspecified atom stereocenters. The Morgan fingerprint density at radius 1 is 0.615 bits per heavy atom. The van der Waals surface area contributed by atoms with Gasteiger partial charge in [-0.1, -0.05) is 36.4 Å². The molecule has 0 fully saturated rings. The summed E-state index contributed by atoms with van der Waals surface area (Å²) in [6.45, 7) is 0. The standard InChI is InChI=1S/C19H17S2.ClHO4/c1-20-16-12-14-19(15-13-16)21(17-8-4-2-5-9-17)18-10-6-3-7-11-18;2-1(3,4)5/h2-15H,1H3;(H,2,3,4,5)/q+1;/p-1. The van der Waals surface area contributed by atoms with Gasteiger partial charge in [0.15, 0.2) is 14.7 Å². The van der Waals surface area contributed by atoms with Crippen molar-refractivity contribution in [1.82, 2.24) is 0 Å². The van der Waals surface area contributed by atoms with Crippen molar-refractivity contribution in [2.24, 2.45) is 0 Å². The van der Waals surface area contributed by atoms with E-state index in [2.05, 4.69) is 91.2 Å². The fourth-order valence-corrected chi connectivity index (χ4v) is 4.72. The monoisotopic (exact) mass is 408 g/mol. The van der Waals surface area contributed by atoms with Gasteiger partial charge in [-0.25, -0.2) is 18.6 Å². The molecule has 0 saturated heterocycles. The lowest BCUT2D eigenvalue weighted by atomic mass is 10.4. The molecule has 0 N–H and O–H groups in total. The van der Waals surface area contributed by atoms with E-state index in [1.165, 1.54) is 19.6 Å². The molecule has 3 aromatic carbocycles. The molecule has 0 atom stereocenters. The summed E-state index contributed by atoms with van der Waals surface area (Å²) in [7, 11) is -4.98. The largest absolute Gasteiger partial charge is 0.222 e. The highest BCUT2D eigenvalue weighted by Gasteiger charge is 2.27. The number of thioether (sulfide) groups is 1. The second-order valence-corrected chi connectivity index (χ2v) is 8.65. The maximum Gasteiger partial charge on any atom is 0.166 e. The maximum absolute atomic E-state index is 8.49. The Kier molecular flexibility index (Phi) is 7.99. The van der Waals surface area contributed by atoms with E-state index in [1.54, 1.807) is 11.8 Å². The van der Waals surface area contributed by atoms with Crippen molar-refractivity contribution in [1.29, 1.82) is 0 Å². The van der Waals surface area contributed by atoms with Gasteiger partial charge in [-0.3, -0.25) is 0 Å². The van der Waals surface area contributed by atoms with Crippen LogP contribution >= 0.6 is 11.8 Å². The summed E-state index contributed by atoms with van der Waals surface area (Å²) >= 11 is 1.78. The third kappa shape index (κ3) is 7.01. The first kappa shape index (κ1) is 20.8. The summed E-state index contributed by atoms with van der Waals surface area (Å²) in [6, 6.07) is 30.5. The van der Waals surface area contributed by atoms with Crippen LogP contribution in [0, 0.1) is 10.2 Å². The average Bonchev–Trinajstić information content (AvgIpc) is 2.63. The van der Waals surface area contributed by atoms with E-state index in [0.29, 0.717) is 0 Å². The number of rotatable bonds is 4. The van der Waals surface area contributed by atoms with E-state index in [1.807, 2.05) is 0 Å². The molecule has 26 heavy (non-hydrogen) atoms.